The van der Waals surface area contributed by atoms with Crippen LogP contribution in [-0.2, 0) is 38.1 Å². The van der Waals surface area contributed by atoms with Crippen LogP contribution in [0.15, 0.2) is 71.9 Å². The monoisotopic (exact) mass is 987 g/mol. The molecule has 1 saturated carbocycles. The number of esters is 1. The Morgan fingerprint density at radius 2 is 1.63 bits per heavy atom. The van der Waals surface area contributed by atoms with E-state index in [-0.39, 0.29) is 48.6 Å². The average molecular weight is 987 g/mol. The first-order valence-corrected chi connectivity index (χ1v) is 25.9. The van der Waals surface area contributed by atoms with Crippen molar-refractivity contribution in [2.45, 2.75) is 186 Å². The number of nitrogens with zero attached hydrogens (tertiary/aromatic N) is 2. The molecule has 1 amide bonds. The summed E-state index contributed by atoms with van der Waals surface area (Å²) in [5.74, 6) is -6.56. The fourth-order valence-electron chi connectivity index (χ4n) is 10.9. The van der Waals surface area contributed by atoms with Crippen LogP contribution < -0.4 is 11.1 Å². The molecule has 3 aliphatic heterocycles. The summed E-state index contributed by atoms with van der Waals surface area (Å²) in [6, 6.07) is 7.17. The summed E-state index contributed by atoms with van der Waals surface area (Å²) in [7, 11) is 3.00. The molecule has 71 heavy (non-hydrogen) atoms. The first kappa shape index (κ1) is 57.4. The SMILES string of the molecule is COC1CC(C[C@@H](C)[C@@H]2CC[C@H](N)/C=C(\C)C(O)[C@@H](OC)C(=O)C(C)C[C@H](C)/C=C/C=C/C=C(\C)C(Nc3ccc(C#N)cc3)C[C@@H]3CCC(C)C(O)(O3)C(=O)C(=O)N3CCCCC3C(=O)O2)CC[C@H]1O. The maximum atomic E-state index is 14.5. The van der Waals surface area contributed by atoms with Crippen molar-refractivity contribution in [1.29, 1.82) is 5.26 Å². The van der Waals surface area contributed by atoms with Gasteiger partial charge in [-0.05, 0) is 145 Å². The molecule has 2 bridgehead atoms. The summed E-state index contributed by atoms with van der Waals surface area (Å²) in [6.45, 7) is 11.3. The molecule has 2 saturated heterocycles. The Hall–Kier alpha value is -4.53. The molecule has 8 unspecified atom stereocenters. The number of benzene rings is 1. The number of carbonyl (C=O) groups is 4. The van der Waals surface area contributed by atoms with Crippen LogP contribution in [0.2, 0.25) is 0 Å². The molecule has 1 aromatic carbocycles. The van der Waals surface area contributed by atoms with E-state index in [9.17, 15) is 39.8 Å². The number of ketones is 2. The van der Waals surface area contributed by atoms with Gasteiger partial charge in [-0.2, -0.15) is 5.26 Å². The van der Waals surface area contributed by atoms with Gasteiger partial charge in [0.1, 0.15) is 24.4 Å². The summed E-state index contributed by atoms with van der Waals surface area (Å²) in [5, 5.41) is 47.1. The van der Waals surface area contributed by atoms with E-state index in [0.29, 0.717) is 81.8 Å². The van der Waals surface area contributed by atoms with Gasteiger partial charge in [-0.3, -0.25) is 14.4 Å². The van der Waals surface area contributed by atoms with E-state index in [1.54, 1.807) is 39.2 Å². The third kappa shape index (κ3) is 15.5. The van der Waals surface area contributed by atoms with Gasteiger partial charge < -0.3 is 50.2 Å². The Labute approximate surface area is 421 Å². The molecule has 0 radical (unpaired) electrons. The third-order valence-corrected chi connectivity index (χ3v) is 15.5. The first-order valence-electron chi connectivity index (χ1n) is 25.9. The summed E-state index contributed by atoms with van der Waals surface area (Å²) in [4.78, 5) is 58.4. The molecular formula is C56H82N4O11. The van der Waals surface area contributed by atoms with Crippen LogP contribution in [-0.4, -0.2) is 125 Å². The number of Topliss-reactive ketones (excluding diaryl/α,β-unsaturated/α-hetero) is 2. The lowest BCUT2D eigenvalue weighted by molar-refractivity contribution is -0.263. The number of hydrogen-bond donors (Lipinski definition) is 5. The Balaban J connectivity index is 1.48. The highest BCUT2D eigenvalue weighted by molar-refractivity contribution is 6.39. The normalized spacial score (nSPS) is 37.7. The van der Waals surface area contributed by atoms with Crippen LogP contribution in [0.1, 0.15) is 131 Å². The number of amides is 1. The quantitative estimate of drug-likeness (QED) is 0.105. The van der Waals surface area contributed by atoms with Gasteiger partial charge in [0.25, 0.3) is 11.7 Å². The second kappa shape index (κ2) is 27.0. The molecule has 1 aromatic rings. The number of cyclic esters (lactones) is 1. The van der Waals surface area contributed by atoms with Crippen molar-refractivity contribution < 1.29 is 53.4 Å². The summed E-state index contributed by atoms with van der Waals surface area (Å²) >= 11 is 0. The van der Waals surface area contributed by atoms with Gasteiger partial charge in [0, 0.05) is 50.4 Å². The molecule has 15 atom stereocenters. The molecule has 4 aliphatic rings. The van der Waals surface area contributed by atoms with E-state index in [2.05, 4.69) is 11.4 Å². The van der Waals surface area contributed by atoms with Gasteiger partial charge in [-0.25, -0.2) is 4.79 Å². The van der Waals surface area contributed by atoms with Crippen LogP contribution in [0.4, 0.5) is 5.69 Å². The summed E-state index contributed by atoms with van der Waals surface area (Å²) in [5.41, 5.74) is 9.35. The minimum Gasteiger partial charge on any atom is -0.461 e. The number of anilines is 1. The minimum absolute atomic E-state index is 0.0145. The van der Waals surface area contributed by atoms with E-state index in [1.165, 1.54) is 12.0 Å². The topological polar surface area (TPSA) is 231 Å². The molecule has 15 nitrogen and oxygen atoms in total. The molecule has 15 heteroatoms. The number of nitrogens with two attached hydrogens (primary N) is 1. The molecular weight excluding hydrogens is 905 g/mol. The van der Waals surface area contributed by atoms with Crippen molar-refractivity contribution >= 4 is 29.1 Å². The predicted molar refractivity (Wildman–Crippen MR) is 271 cm³/mol. The lowest BCUT2D eigenvalue weighted by atomic mass is 9.78. The molecule has 3 fully saturated rings. The number of allylic oxidation sites excluding steroid dienone is 5. The number of ether oxygens (including phenoxy) is 4. The van der Waals surface area contributed by atoms with Gasteiger partial charge in [0.2, 0.25) is 5.79 Å². The third-order valence-electron chi connectivity index (χ3n) is 15.5. The van der Waals surface area contributed by atoms with Crippen molar-refractivity contribution in [3.8, 4) is 6.07 Å². The van der Waals surface area contributed by atoms with Crippen LogP contribution >= 0.6 is 0 Å². The Morgan fingerprint density at radius 3 is 2.32 bits per heavy atom. The van der Waals surface area contributed by atoms with Crippen LogP contribution in [0, 0.1) is 40.9 Å². The number of nitriles is 1. The maximum absolute atomic E-state index is 14.5. The zero-order valence-corrected chi connectivity index (χ0v) is 43.3. The molecule has 0 spiro atoms. The summed E-state index contributed by atoms with van der Waals surface area (Å²) in [6.07, 6.45) is 13.5. The fraction of sp³-hybridized carbons (Fsp3) is 0.661. The lowest BCUT2D eigenvalue weighted by Gasteiger charge is -2.43. The fourth-order valence-corrected chi connectivity index (χ4v) is 10.9. The number of hydrogen-bond acceptors (Lipinski definition) is 14. The van der Waals surface area contributed by atoms with Gasteiger partial charge in [-0.15, -0.1) is 0 Å². The molecule has 6 N–H and O–H groups in total. The van der Waals surface area contributed by atoms with Crippen molar-refractivity contribution in [1.82, 2.24) is 4.90 Å². The highest BCUT2D eigenvalue weighted by Crippen LogP contribution is 2.38. The van der Waals surface area contributed by atoms with E-state index in [1.807, 2.05) is 70.2 Å². The Bertz CT molecular complexity index is 2120. The van der Waals surface area contributed by atoms with Gasteiger partial charge in [0.15, 0.2) is 5.78 Å². The maximum Gasteiger partial charge on any atom is 0.329 e. The molecule has 5 rings (SSSR count). The zero-order valence-electron chi connectivity index (χ0n) is 43.3. The molecule has 3 heterocycles. The van der Waals surface area contributed by atoms with Gasteiger partial charge in [0.05, 0.1) is 29.9 Å². The number of rotatable bonds is 7. The Kier molecular flexibility index (Phi) is 21.8. The van der Waals surface area contributed by atoms with Crippen molar-refractivity contribution in [2.24, 2.45) is 35.3 Å². The van der Waals surface area contributed by atoms with Crippen molar-refractivity contribution in [3.63, 3.8) is 0 Å². The van der Waals surface area contributed by atoms with Crippen LogP contribution in [0.3, 0.4) is 0 Å². The second-order valence-electron chi connectivity index (χ2n) is 21.0. The van der Waals surface area contributed by atoms with E-state index >= 15 is 0 Å². The van der Waals surface area contributed by atoms with Gasteiger partial charge >= 0.3 is 5.97 Å². The number of nitrogens with one attached hydrogen (secondary N) is 1. The van der Waals surface area contributed by atoms with E-state index in [0.717, 1.165) is 17.7 Å². The van der Waals surface area contributed by atoms with Crippen LogP contribution in [0.25, 0.3) is 0 Å². The smallest absolute Gasteiger partial charge is 0.329 e. The predicted octanol–water partition coefficient (Wildman–Crippen LogP) is 7.03. The number of carbonyl (C=O) groups excluding carboxylic acids is 4. The number of fused-ring (bicyclic) bond motifs is 3. The number of aliphatic hydroxyl groups is 3. The minimum atomic E-state index is -2.45. The number of piperidine rings is 1. The Morgan fingerprint density at radius 1 is 0.901 bits per heavy atom. The van der Waals surface area contributed by atoms with Crippen molar-refractivity contribution in [3.05, 3.63) is 77.4 Å². The van der Waals surface area contributed by atoms with Crippen molar-refractivity contribution in [2.75, 3.05) is 26.1 Å². The highest BCUT2D eigenvalue weighted by Gasteiger charge is 2.53. The average Bonchev–Trinajstić information content (AvgIpc) is 3.35. The van der Waals surface area contributed by atoms with Gasteiger partial charge in [-0.1, -0.05) is 69.7 Å². The summed E-state index contributed by atoms with van der Waals surface area (Å²) < 4.78 is 23.9. The standard InChI is InChI=1S/C56H82N4O11/c1-34-14-10-9-11-15-35(2)45(59-43-22-18-40(33-57)19-23-43)32-44-24-17-39(6)56(67,71-44)53(64)54(65)60-27-13-12-16-46(60)55(66)70-48(36(3)29-41-20-25-47(61)49(31-41)68-7)26-21-42(58)30-38(5)51(63)52(69-8)50(62)37(4)28-34/h9-11,14-15,18-19,22-23,30,34,36-37,39,41-42,44-49,51-52,59,61,63,67H,12-13,16-17,20-21,24-29,31-32,58H2,1-8H3/b11-9+,14-10+,35-15+,38-30+/t34-,36-,37?,39?,41?,42+,44+,45?,46?,47-,48+,49?,51?,52+,56?/m1/s1. The van der Waals surface area contributed by atoms with E-state index < -0.39 is 77.9 Å². The van der Waals surface area contributed by atoms with E-state index in [4.69, 9.17) is 24.7 Å². The highest BCUT2D eigenvalue weighted by atomic mass is 16.6. The molecule has 1 aliphatic carbocycles. The first-order chi connectivity index (χ1) is 33.8. The largest absolute Gasteiger partial charge is 0.461 e. The number of methoxy groups -OCH3 is 2. The lowest BCUT2D eigenvalue weighted by Crippen LogP contribution is -2.61. The molecule has 392 valence electrons. The zero-order chi connectivity index (χ0) is 52.0. The molecule has 0 aromatic heterocycles. The van der Waals surface area contributed by atoms with Crippen LogP contribution in [0.5, 0.6) is 0 Å². The number of aliphatic hydroxyl groups excluding tert-OH is 2. The second-order valence-corrected chi connectivity index (χ2v) is 21.0.